The van der Waals surface area contributed by atoms with Gasteiger partial charge in [0.25, 0.3) is 0 Å². The molecule has 0 amide bonds. The van der Waals surface area contributed by atoms with E-state index in [0.29, 0.717) is 27.3 Å². The lowest BCUT2D eigenvalue weighted by Gasteiger charge is -2.42. The van der Waals surface area contributed by atoms with E-state index in [4.69, 9.17) is 11.6 Å². The maximum atomic E-state index is 12.9. The number of hydrogen-bond acceptors (Lipinski definition) is 8. The van der Waals surface area contributed by atoms with Gasteiger partial charge in [0.1, 0.15) is 11.4 Å². The molecule has 12 heteroatoms. The summed E-state index contributed by atoms with van der Waals surface area (Å²) in [5, 5.41) is 24.5. The van der Waals surface area contributed by atoms with Gasteiger partial charge in [0.05, 0.1) is 17.1 Å². The number of halogens is 4. The highest BCUT2D eigenvalue weighted by Gasteiger charge is 2.48. The van der Waals surface area contributed by atoms with E-state index in [0.717, 1.165) is 67.4 Å². The first-order valence-corrected chi connectivity index (χ1v) is 17.3. The molecule has 0 radical (unpaired) electrons. The number of alkyl halides is 3. The molecule has 2 aromatic carbocycles. The second-order valence-electron chi connectivity index (χ2n) is 12.5. The van der Waals surface area contributed by atoms with Crippen LogP contribution in [0.5, 0.6) is 5.75 Å². The third-order valence-electron chi connectivity index (χ3n) is 8.04. The number of hydrogen-bond donors (Lipinski definition) is 2. The van der Waals surface area contributed by atoms with E-state index in [1.807, 2.05) is 52.0 Å². The van der Waals surface area contributed by atoms with Gasteiger partial charge in [0.2, 0.25) is 5.13 Å². The molecule has 7 nitrogen and oxygen atoms in total. The summed E-state index contributed by atoms with van der Waals surface area (Å²) < 4.78 is 38.8. The topological polar surface area (TPSA) is 77.4 Å². The third-order valence-corrected chi connectivity index (χ3v) is 9.24. The van der Waals surface area contributed by atoms with Crippen molar-refractivity contribution in [3.63, 3.8) is 0 Å². The van der Waals surface area contributed by atoms with Crippen molar-refractivity contribution in [3.8, 4) is 16.3 Å². The van der Waals surface area contributed by atoms with Crippen LogP contribution in [0.15, 0.2) is 54.7 Å². The van der Waals surface area contributed by atoms with Crippen LogP contribution in [0.4, 0.5) is 35.4 Å². The van der Waals surface area contributed by atoms with E-state index in [1.54, 1.807) is 12.1 Å². The molecule has 0 bridgehead atoms. The predicted octanol–water partition coefficient (Wildman–Crippen LogP) is 10.3. The normalized spacial score (nSPS) is 15.8. The van der Waals surface area contributed by atoms with Gasteiger partial charge in [-0.1, -0.05) is 83.5 Å². The number of aromatic nitrogens is 3. The number of piperidine rings is 1. The first-order valence-electron chi connectivity index (χ1n) is 16.1. The molecule has 2 N–H and O–H groups in total. The Hall–Kier alpha value is -3.41. The monoisotopic (exact) mass is 688 g/mol. The van der Waals surface area contributed by atoms with Gasteiger partial charge in [0, 0.05) is 40.9 Å². The number of aromatic hydroxyl groups is 1. The number of para-hydroxylation sites is 2. The molecule has 4 aromatic rings. The molecule has 4 heterocycles. The fourth-order valence-corrected chi connectivity index (χ4v) is 7.33. The number of fused-ring (bicyclic) bond motifs is 2. The second-order valence-corrected chi connectivity index (χ2v) is 13.9. The van der Waals surface area contributed by atoms with Gasteiger partial charge >= 0.3 is 6.18 Å². The smallest absolute Gasteiger partial charge is 0.433 e. The zero-order valence-corrected chi connectivity index (χ0v) is 29.6. The first kappa shape index (κ1) is 36.4. The van der Waals surface area contributed by atoms with Crippen LogP contribution in [-0.4, -0.2) is 51.4 Å². The summed E-state index contributed by atoms with van der Waals surface area (Å²) in [5.41, 5.74) is 2.80. The maximum absolute atomic E-state index is 12.9. The minimum absolute atomic E-state index is 0.177. The van der Waals surface area contributed by atoms with Crippen LogP contribution in [0.2, 0.25) is 5.02 Å². The Bertz CT molecular complexity index is 1630. The number of benzene rings is 2. The second kappa shape index (κ2) is 14.8. The van der Waals surface area contributed by atoms with Gasteiger partial charge < -0.3 is 20.2 Å². The number of nitrogens with one attached hydrogen (secondary N) is 1. The lowest BCUT2D eigenvalue weighted by Crippen LogP contribution is -2.46. The Morgan fingerprint density at radius 3 is 2.26 bits per heavy atom. The predicted molar refractivity (Wildman–Crippen MR) is 187 cm³/mol. The Morgan fingerprint density at radius 1 is 0.957 bits per heavy atom. The molecule has 2 aromatic heterocycles. The molecule has 2 aliphatic heterocycles. The molecule has 0 unspecified atom stereocenters. The highest BCUT2D eigenvalue weighted by Crippen LogP contribution is 2.56. The van der Waals surface area contributed by atoms with Crippen molar-refractivity contribution in [3.05, 3.63) is 71.0 Å². The van der Waals surface area contributed by atoms with Crippen LogP contribution in [0.3, 0.4) is 0 Å². The van der Waals surface area contributed by atoms with Crippen molar-refractivity contribution >= 4 is 45.1 Å². The van der Waals surface area contributed by atoms with Crippen LogP contribution < -0.4 is 10.2 Å². The Labute approximate surface area is 284 Å². The van der Waals surface area contributed by atoms with Crippen molar-refractivity contribution in [1.29, 1.82) is 0 Å². The molecular weight excluding hydrogens is 645 g/mol. The Morgan fingerprint density at radius 2 is 1.64 bits per heavy atom. The minimum atomic E-state index is -4.51. The lowest BCUT2D eigenvalue weighted by molar-refractivity contribution is -0.141. The molecule has 6 rings (SSSR count). The molecule has 254 valence electrons. The number of pyridine rings is 1. The fraction of sp³-hybridized carbons (Fsp3) is 0.457. The van der Waals surface area contributed by atoms with Crippen LogP contribution in [0, 0.1) is 5.41 Å². The molecule has 0 saturated carbocycles. The zero-order valence-electron chi connectivity index (χ0n) is 28.0. The standard InChI is InChI=1S/C31H32ClF3N6OS.2C2H6/c1-29(2,3)17-40-14-12-30(13-15-40)18-41(26-23(42)10-9-20(32)25(26)30)22-7-5-4-6-21(22)37-28-39-38-27(43-28)19-8-11-24(36-16-19)31(33,34)35;2*1-2/h4-11,16,42H,12-15,17-18H2,1-3H3,(H,37,39);2*1-2H3. The number of phenols is 1. The number of anilines is 4. The van der Waals surface area contributed by atoms with E-state index in [-0.39, 0.29) is 16.6 Å². The highest BCUT2D eigenvalue weighted by atomic mass is 35.5. The SMILES string of the molecule is CC.CC.CC(C)(C)CN1CCC2(CC1)CN(c1ccccc1Nc1nnc(-c3ccc(C(F)(F)F)nc3)s1)c1c(O)ccc(Cl)c12. The van der Waals surface area contributed by atoms with Crippen molar-refractivity contribution in [1.82, 2.24) is 20.1 Å². The molecule has 1 fully saturated rings. The lowest BCUT2D eigenvalue weighted by atomic mass is 9.74. The highest BCUT2D eigenvalue weighted by molar-refractivity contribution is 7.18. The van der Waals surface area contributed by atoms with E-state index >= 15 is 0 Å². The molecule has 0 aliphatic carbocycles. The summed E-state index contributed by atoms with van der Waals surface area (Å²) in [6, 6.07) is 13.5. The zero-order chi connectivity index (χ0) is 34.6. The van der Waals surface area contributed by atoms with Crippen LogP contribution >= 0.6 is 22.9 Å². The quantitative estimate of drug-likeness (QED) is 0.216. The van der Waals surface area contributed by atoms with Gasteiger partial charge in [-0.3, -0.25) is 4.98 Å². The van der Waals surface area contributed by atoms with E-state index in [9.17, 15) is 18.3 Å². The first-order chi connectivity index (χ1) is 22.3. The van der Waals surface area contributed by atoms with Gasteiger partial charge in [-0.05, 0) is 67.7 Å². The summed E-state index contributed by atoms with van der Waals surface area (Å²) in [5.74, 6) is 0.177. The molecule has 47 heavy (non-hydrogen) atoms. The summed E-state index contributed by atoms with van der Waals surface area (Å²) in [4.78, 5) is 8.19. The molecule has 1 spiro atoms. The fourth-order valence-electron chi connectivity index (χ4n) is 6.23. The molecule has 1 saturated heterocycles. The molecular formula is C35H44ClF3N6OS. The third kappa shape index (κ3) is 8.01. The van der Waals surface area contributed by atoms with Gasteiger partial charge in [0.15, 0.2) is 5.01 Å². The summed E-state index contributed by atoms with van der Waals surface area (Å²) in [6.07, 6.45) is -1.51. The number of rotatable bonds is 5. The van der Waals surface area contributed by atoms with Crippen molar-refractivity contribution < 1.29 is 18.3 Å². The van der Waals surface area contributed by atoms with Crippen molar-refractivity contribution in [2.75, 3.05) is 36.4 Å². The van der Waals surface area contributed by atoms with Crippen molar-refractivity contribution in [2.24, 2.45) is 5.41 Å². The van der Waals surface area contributed by atoms with Gasteiger partial charge in [-0.25, -0.2) is 0 Å². The van der Waals surface area contributed by atoms with E-state index < -0.39 is 11.9 Å². The summed E-state index contributed by atoms with van der Waals surface area (Å²) in [7, 11) is 0. The summed E-state index contributed by atoms with van der Waals surface area (Å²) >= 11 is 8.09. The average molecular weight is 689 g/mol. The minimum Gasteiger partial charge on any atom is -0.506 e. The van der Waals surface area contributed by atoms with Crippen molar-refractivity contribution in [2.45, 2.75) is 72.9 Å². The van der Waals surface area contributed by atoms with E-state index in [2.05, 4.69) is 51.1 Å². The Balaban J connectivity index is 0.00000120. The average Bonchev–Trinajstić information content (AvgIpc) is 3.65. The molecule has 0 atom stereocenters. The van der Waals surface area contributed by atoms with Gasteiger partial charge in [-0.15, -0.1) is 10.2 Å². The number of phenolic OH excluding ortho intramolecular Hbond substituents is 1. The summed E-state index contributed by atoms with van der Waals surface area (Å²) in [6.45, 7) is 18.3. The van der Waals surface area contributed by atoms with Crippen LogP contribution in [0.25, 0.3) is 10.6 Å². The number of likely N-dealkylation sites (tertiary alicyclic amines) is 1. The van der Waals surface area contributed by atoms with Crippen LogP contribution in [0.1, 0.15) is 72.6 Å². The molecule has 2 aliphatic rings. The van der Waals surface area contributed by atoms with Crippen LogP contribution in [-0.2, 0) is 11.6 Å². The largest absolute Gasteiger partial charge is 0.506 e. The Kier molecular flexibility index (Phi) is 11.5. The maximum Gasteiger partial charge on any atom is 0.433 e. The van der Waals surface area contributed by atoms with E-state index in [1.165, 1.54) is 17.4 Å². The van der Waals surface area contributed by atoms with Gasteiger partial charge in [-0.2, -0.15) is 13.2 Å². The number of nitrogens with zero attached hydrogens (tertiary/aromatic N) is 5.